The average Bonchev–Trinajstić information content (AvgIpc) is 2.93. The first-order valence-corrected chi connectivity index (χ1v) is 8.48. The van der Waals surface area contributed by atoms with Crippen molar-refractivity contribution < 1.29 is 4.39 Å². The van der Waals surface area contributed by atoms with Crippen LogP contribution in [0.2, 0.25) is 0 Å². The van der Waals surface area contributed by atoms with Crippen LogP contribution in [0.5, 0.6) is 0 Å². The van der Waals surface area contributed by atoms with Gasteiger partial charge in [-0.15, -0.1) is 0 Å². The van der Waals surface area contributed by atoms with Gasteiger partial charge < -0.3 is 9.80 Å². The maximum atomic E-state index is 13.2. The first-order chi connectivity index (χ1) is 11.6. The monoisotopic (exact) mass is 327 g/mol. The smallest absolute Gasteiger partial charge is 0.225 e. The molecular weight excluding hydrogens is 305 g/mol. The molecule has 1 spiro atoms. The third-order valence-electron chi connectivity index (χ3n) is 5.24. The topological polar surface area (TPSA) is 45.2 Å². The summed E-state index contributed by atoms with van der Waals surface area (Å²) in [4.78, 5) is 17.8. The molecule has 2 aromatic heterocycles. The average molecular weight is 327 g/mol. The van der Waals surface area contributed by atoms with Crippen LogP contribution in [0.15, 0.2) is 24.5 Å². The Morgan fingerprint density at radius 1 is 1.17 bits per heavy atom. The van der Waals surface area contributed by atoms with Crippen LogP contribution in [0.25, 0.3) is 0 Å². The number of piperidine rings is 1. The lowest BCUT2D eigenvalue weighted by atomic mass is 9.77. The highest BCUT2D eigenvalue weighted by atomic mass is 19.1. The van der Waals surface area contributed by atoms with Crippen molar-refractivity contribution in [3.05, 3.63) is 41.6 Å². The Bertz CT molecular complexity index is 742. The molecule has 6 heteroatoms. The van der Waals surface area contributed by atoms with Gasteiger partial charge in [0.05, 0.1) is 11.9 Å². The van der Waals surface area contributed by atoms with Crippen molar-refractivity contribution in [3.8, 4) is 0 Å². The molecule has 3 heterocycles. The Hall–Kier alpha value is -2.24. The highest BCUT2D eigenvalue weighted by Gasteiger charge is 2.44. The molecule has 2 aromatic rings. The lowest BCUT2D eigenvalue weighted by molar-refractivity contribution is 0.333. The fourth-order valence-corrected chi connectivity index (χ4v) is 4.03. The fraction of sp³-hybridized carbons (Fsp3) is 0.500. The summed E-state index contributed by atoms with van der Waals surface area (Å²) in [6, 6.07) is 3.26. The predicted octanol–water partition coefficient (Wildman–Crippen LogP) is 2.56. The molecule has 5 nitrogen and oxygen atoms in total. The predicted molar refractivity (Wildman–Crippen MR) is 92.0 cm³/mol. The summed E-state index contributed by atoms with van der Waals surface area (Å²) in [5, 5.41) is 0. The Kier molecular flexibility index (Phi) is 3.62. The van der Waals surface area contributed by atoms with Crippen molar-refractivity contribution in [3.63, 3.8) is 0 Å². The van der Waals surface area contributed by atoms with Crippen molar-refractivity contribution in [1.82, 2.24) is 15.0 Å². The van der Waals surface area contributed by atoms with E-state index in [9.17, 15) is 4.39 Å². The van der Waals surface area contributed by atoms with E-state index in [1.54, 1.807) is 6.07 Å². The summed E-state index contributed by atoms with van der Waals surface area (Å²) in [5.41, 5.74) is 2.54. The van der Waals surface area contributed by atoms with Crippen LogP contribution in [-0.2, 0) is 11.8 Å². The fourth-order valence-electron chi connectivity index (χ4n) is 4.03. The van der Waals surface area contributed by atoms with E-state index >= 15 is 0 Å². The van der Waals surface area contributed by atoms with Crippen molar-refractivity contribution in [2.75, 3.05) is 37.0 Å². The Morgan fingerprint density at radius 2 is 2.04 bits per heavy atom. The van der Waals surface area contributed by atoms with Gasteiger partial charge in [0, 0.05) is 38.8 Å². The number of aromatic nitrogens is 3. The quantitative estimate of drug-likeness (QED) is 0.848. The highest BCUT2D eigenvalue weighted by Crippen LogP contribution is 2.44. The van der Waals surface area contributed by atoms with Crippen LogP contribution in [0, 0.1) is 5.82 Å². The van der Waals surface area contributed by atoms with Crippen LogP contribution < -0.4 is 9.80 Å². The number of anilines is 2. The number of pyridine rings is 1. The first-order valence-electron chi connectivity index (χ1n) is 8.48. The van der Waals surface area contributed by atoms with E-state index in [-0.39, 0.29) is 11.2 Å². The highest BCUT2D eigenvalue weighted by molar-refractivity contribution is 5.45. The second-order valence-corrected chi connectivity index (χ2v) is 7.08. The molecule has 1 aliphatic carbocycles. The molecule has 1 unspecified atom stereocenters. The first kappa shape index (κ1) is 15.3. The number of rotatable bonds is 2. The van der Waals surface area contributed by atoms with Crippen LogP contribution in [0.4, 0.5) is 16.2 Å². The van der Waals surface area contributed by atoms with Gasteiger partial charge in [-0.05, 0) is 43.4 Å². The summed E-state index contributed by atoms with van der Waals surface area (Å²) >= 11 is 0. The van der Waals surface area contributed by atoms with E-state index in [4.69, 9.17) is 4.98 Å². The van der Waals surface area contributed by atoms with Crippen molar-refractivity contribution in [2.24, 2.45) is 0 Å². The lowest BCUT2D eigenvalue weighted by Crippen LogP contribution is -2.46. The van der Waals surface area contributed by atoms with Crippen LogP contribution in [0.3, 0.4) is 0 Å². The zero-order valence-electron chi connectivity index (χ0n) is 14.2. The Balaban J connectivity index is 1.67. The van der Waals surface area contributed by atoms with Crippen molar-refractivity contribution >= 4 is 11.8 Å². The Morgan fingerprint density at radius 3 is 2.79 bits per heavy atom. The SMILES string of the molecule is CN(C)c1ncc2c(n1)C1(CCCN(c3ccc(F)cn3)C1)CC2. The molecule has 2 aliphatic rings. The molecule has 1 aliphatic heterocycles. The molecule has 1 atom stereocenters. The number of aryl methyl sites for hydroxylation is 1. The number of hydrogen-bond donors (Lipinski definition) is 0. The maximum absolute atomic E-state index is 13.2. The number of nitrogens with zero attached hydrogens (tertiary/aromatic N) is 5. The molecule has 0 aromatic carbocycles. The molecule has 126 valence electrons. The van der Waals surface area contributed by atoms with Gasteiger partial charge in [-0.2, -0.15) is 0 Å². The second kappa shape index (κ2) is 5.69. The van der Waals surface area contributed by atoms with E-state index in [2.05, 4.69) is 14.9 Å². The number of halogens is 1. The van der Waals surface area contributed by atoms with Gasteiger partial charge in [0.2, 0.25) is 5.95 Å². The minimum absolute atomic E-state index is 0.0668. The van der Waals surface area contributed by atoms with E-state index in [1.807, 2.05) is 25.2 Å². The van der Waals surface area contributed by atoms with Crippen molar-refractivity contribution in [2.45, 2.75) is 31.1 Å². The number of hydrogen-bond acceptors (Lipinski definition) is 5. The summed E-state index contributed by atoms with van der Waals surface area (Å²) in [6.07, 6.45) is 7.66. The molecule has 0 bridgehead atoms. The van der Waals surface area contributed by atoms with Gasteiger partial charge in [0.1, 0.15) is 11.6 Å². The molecule has 0 N–H and O–H groups in total. The van der Waals surface area contributed by atoms with Crippen molar-refractivity contribution in [1.29, 1.82) is 0 Å². The van der Waals surface area contributed by atoms with E-state index < -0.39 is 0 Å². The second-order valence-electron chi connectivity index (χ2n) is 7.08. The molecular formula is C18H22FN5. The lowest BCUT2D eigenvalue weighted by Gasteiger charge is -2.41. The maximum Gasteiger partial charge on any atom is 0.225 e. The summed E-state index contributed by atoms with van der Waals surface area (Å²) in [7, 11) is 3.94. The van der Waals surface area contributed by atoms with Gasteiger partial charge in [-0.1, -0.05) is 0 Å². The van der Waals surface area contributed by atoms with Crippen LogP contribution >= 0.6 is 0 Å². The van der Waals surface area contributed by atoms with E-state index in [0.29, 0.717) is 0 Å². The molecule has 0 amide bonds. The molecule has 0 saturated carbocycles. The van der Waals surface area contributed by atoms with Gasteiger partial charge in [0.15, 0.2) is 0 Å². The third kappa shape index (κ3) is 2.50. The normalized spacial score (nSPS) is 22.7. The summed E-state index contributed by atoms with van der Waals surface area (Å²) < 4.78 is 13.2. The van der Waals surface area contributed by atoms with Gasteiger partial charge in [-0.25, -0.2) is 19.3 Å². The van der Waals surface area contributed by atoms with E-state index in [0.717, 1.165) is 50.5 Å². The summed E-state index contributed by atoms with van der Waals surface area (Å²) in [6.45, 7) is 1.85. The zero-order chi connectivity index (χ0) is 16.7. The molecule has 1 fully saturated rings. The molecule has 0 radical (unpaired) electrons. The minimum Gasteiger partial charge on any atom is -0.356 e. The standard InChI is InChI=1S/C18H22FN5/c1-23(2)17-21-10-13-6-8-18(16(13)22-17)7-3-9-24(12-18)15-5-4-14(19)11-20-15/h4-5,10-11H,3,6-9,12H2,1-2H3. The number of fused-ring (bicyclic) bond motifs is 2. The van der Waals surface area contributed by atoms with E-state index in [1.165, 1.54) is 23.5 Å². The molecule has 1 saturated heterocycles. The van der Waals surface area contributed by atoms with Crippen LogP contribution in [0.1, 0.15) is 30.5 Å². The largest absolute Gasteiger partial charge is 0.356 e. The Labute approximate surface area is 141 Å². The van der Waals surface area contributed by atoms with Gasteiger partial charge in [-0.3, -0.25) is 0 Å². The molecule has 4 rings (SSSR count). The zero-order valence-corrected chi connectivity index (χ0v) is 14.2. The molecule has 24 heavy (non-hydrogen) atoms. The van der Waals surface area contributed by atoms with Gasteiger partial charge in [0.25, 0.3) is 0 Å². The minimum atomic E-state index is -0.292. The summed E-state index contributed by atoms with van der Waals surface area (Å²) in [5.74, 6) is 1.33. The van der Waals surface area contributed by atoms with Crippen LogP contribution in [-0.4, -0.2) is 42.1 Å². The third-order valence-corrected chi connectivity index (χ3v) is 5.24. The van der Waals surface area contributed by atoms with Gasteiger partial charge >= 0.3 is 0 Å².